The Kier molecular flexibility index (Phi) is 43.7. The molecule has 336 valence electrons. The summed E-state index contributed by atoms with van der Waals surface area (Å²) in [5.74, 6) is 0. The molecule has 0 spiro atoms. The predicted octanol–water partition coefficient (Wildman–Crippen LogP) is 14.3. The zero-order valence-corrected chi connectivity index (χ0v) is 39.6. The van der Waals surface area contributed by atoms with Crippen molar-refractivity contribution in [3.63, 3.8) is 0 Å². The largest absolute Gasteiger partial charge is 0.396 e. The van der Waals surface area contributed by atoms with Crippen LogP contribution in [0, 0.1) is 0 Å². The van der Waals surface area contributed by atoms with Crippen molar-refractivity contribution in [1.29, 1.82) is 0 Å². The third kappa shape index (κ3) is 41.5. The van der Waals surface area contributed by atoms with Gasteiger partial charge in [0.05, 0.1) is 6.61 Å². The highest BCUT2D eigenvalue weighted by Gasteiger charge is 2.29. The fourth-order valence-corrected chi connectivity index (χ4v) is 8.57. The lowest BCUT2D eigenvalue weighted by Crippen LogP contribution is -2.40. The average molecular weight is 820 g/mol. The molecule has 0 fully saturated rings. The van der Waals surface area contributed by atoms with Gasteiger partial charge in [-0.05, 0) is 136 Å². The number of nitrogens with zero attached hydrogens (tertiary/aromatic N) is 1. The van der Waals surface area contributed by atoms with Gasteiger partial charge >= 0.3 is 8.56 Å². The molecule has 0 radical (unpaired) electrons. The smallest absolute Gasteiger partial charge is 0.333 e. The van der Waals surface area contributed by atoms with E-state index in [1.54, 1.807) is 0 Å². The molecule has 0 aliphatic carbocycles. The van der Waals surface area contributed by atoms with E-state index in [2.05, 4.69) is 87.5 Å². The molecule has 0 aliphatic heterocycles. The van der Waals surface area contributed by atoms with Gasteiger partial charge in [0, 0.05) is 25.9 Å². The molecular formula is C50H97NO5Si. The van der Waals surface area contributed by atoms with Gasteiger partial charge in [-0.1, -0.05) is 146 Å². The van der Waals surface area contributed by atoms with Crippen LogP contribution in [0.3, 0.4) is 0 Å². The zero-order chi connectivity index (χ0) is 41.8. The molecule has 0 aromatic heterocycles. The summed E-state index contributed by atoms with van der Waals surface area (Å²) in [4.78, 5) is 2.24. The second kappa shape index (κ2) is 44.5. The van der Waals surface area contributed by atoms with Crippen molar-refractivity contribution in [1.82, 2.24) is 4.90 Å². The minimum atomic E-state index is -2.31. The maximum absolute atomic E-state index is 9.68. The molecule has 0 aliphatic rings. The molecule has 0 saturated heterocycles. The quantitative estimate of drug-likeness (QED) is 0.0276. The second-order valence-corrected chi connectivity index (χ2v) is 20.2. The van der Waals surface area contributed by atoms with Gasteiger partial charge in [0.1, 0.15) is 6.29 Å². The summed E-state index contributed by atoms with van der Waals surface area (Å²) in [6, 6.07) is 0.143. The minimum Gasteiger partial charge on any atom is -0.396 e. The fourth-order valence-electron chi connectivity index (χ4n) is 7.05. The maximum Gasteiger partial charge on any atom is 0.333 e. The van der Waals surface area contributed by atoms with E-state index in [1.807, 2.05) is 0 Å². The van der Waals surface area contributed by atoms with E-state index in [-0.39, 0.29) is 25.5 Å². The van der Waals surface area contributed by atoms with Crippen molar-refractivity contribution in [3.8, 4) is 0 Å². The molecule has 2 unspecified atom stereocenters. The van der Waals surface area contributed by atoms with Crippen LogP contribution in [0.4, 0.5) is 0 Å². The van der Waals surface area contributed by atoms with Gasteiger partial charge in [0.25, 0.3) is 0 Å². The number of rotatable bonds is 45. The summed E-state index contributed by atoms with van der Waals surface area (Å²) in [5, 5.41) is 18.8. The highest BCUT2D eigenvalue weighted by molar-refractivity contribution is 6.64. The van der Waals surface area contributed by atoms with Crippen molar-refractivity contribution in [2.75, 3.05) is 40.0 Å². The highest BCUT2D eigenvalue weighted by atomic mass is 28.4. The van der Waals surface area contributed by atoms with Crippen LogP contribution in [0.5, 0.6) is 0 Å². The van der Waals surface area contributed by atoms with E-state index in [0.29, 0.717) is 0 Å². The number of likely N-dealkylation sites (N-methyl/N-ethyl adjacent to an activating group) is 1. The first-order valence-corrected chi connectivity index (χ1v) is 27.2. The first-order valence-electron chi connectivity index (χ1n) is 24.3. The Bertz CT molecular complexity index is 922. The summed E-state index contributed by atoms with van der Waals surface area (Å²) in [5.41, 5.74) is 0. The molecule has 0 aromatic carbocycles. The topological polar surface area (TPSA) is 71.4 Å². The summed E-state index contributed by atoms with van der Waals surface area (Å²) in [6.07, 6.45) is 54.2. The molecule has 0 bridgehead atoms. The predicted molar refractivity (Wildman–Crippen MR) is 251 cm³/mol. The van der Waals surface area contributed by atoms with Crippen molar-refractivity contribution >= 4 is 8.56 Å². The molecule has 0 rings (SSSR count). The third-order valence-corrected chi connectivity index (χ3v) is 12.6. The fraction of sp³-hybridized carbons (Fsp3) is 0.840. The van der Waals surface area contributed by atoms with Crippen LogP contribution < -0.4 is 0 Å². The molecule has 0 heterocycles. The van der Waals surface area contributed by atoms with E-state index in [0.717, 1.165) is 90.4 Å². The van der Waals surface area contributed by atoms with Gasteiger partial charge in [-0.2, -0.15) is 0 Å². The van der Waals surface area contributed by atoms with Gasteiger partial charge in [0.15, 0.2) is 0 Å². The lowest BCUT2D eigenvalue weighted by Gasteiger charge is -2.29. The summed E-state index contributed by atoms with van der Waals surface area (Å²) in [7, 11) is -0.229. The standard InChI is InChI=1S/C50H97NO5Si/c1-6-8-10-12-14-16-18-20-22-24-26-28-30-32-35-39-46-54-50(43-37-33-31-29-27-25-23-21-19-17-15-13-11-9-7-2)56-57(4,5)55-47-40-36-34-38-44-51(3)49(48-53)42-41-45-52/h14-17,20-23,49-50,52-53H,6-13,18-19,24-48H2,1-5H3/b16-14-,17-15-,22-20-,23-21-. The lowest BCUT2D eigenvalue weighted by atomic mass is 10.1. The molecular weight excluding hydrogens is 723 g/mol. The Hall–Kier alpha value is -1.06. The number of aliphatic hydroxyl groups is 2. The lowest BCUT2D eigenvalue weighted by molar-refractivity contribution is -0.104. The van der Waals surface area contributed by atoms with Gasteiger partial charge < -0.3 is 28.7 Å². The minimum absolute atomic E-state index is 0.143. The van der Waals surface area contributed by atoms with Crippen LogP contribution in [0.1, 0.15) is 206 Å². The van der Waals surface area contributed by atoms with E-state index >= 15 is 0 Å². The van der Waals surface area contributed by atoms with Gasteiger partial charge in [0.2, 0.25) is 0 Å². The molecule has 0 amide bonds. The summed E-state index contributed by atoms with van der Waals surface area (Å²) in [6.45, 7) is 11.7. The van der Waals surface area contributed by atoms with Crippen molar-refractivity contribution in [2.45, 2.75) is 232 Å². The Morgan fingerprint density at radius 3 is 1.47 bits per heavy atom. The van der Waals surface area contributed by atoms with Gasteiger partial charge in [-0.25, -0.2) is 0 Å². The highest BCUT2D eigenvalue weighted by Crippen LogP contribution is 2.19. The SMILES string of the molecule is CCCCC/C=C\C/C=C\CCCCCCCCOC(CCCCCCC/C=C\C/C=C\CCCCC)O[Si](C)(C)OCCCCCCN(C)C(CO)CCCO. The number of ether oxygens (including phenoxy) is 1. The van der Waals surface area contributed by atoms with Crippen LogP contribution in [0.2, 0.25) is 13.1 Å². The Morgan fingerprint density at radius 2 is 0.965 bits per heavy atom. The molecule has 57 heavy (non-hydrogen) atoms. The van der Waals surface area contributed by atoms with Crippen LogP contribution in [0.25, 0.3) is 0 Å². The summed E-state index contributed by atoms with van der Waals surface area (Å²) >= 11 is 0. The maximum atomic E-state index is 9.68. The second-order valence-electron chi connectivity index (χ2n) is 16.9. The van der Waals surface area contributed by atoms with Gasteiger partial charge in [-0.3, -0.25) is 0 Å². The number of hydrogen-bond donors (Lipinski definition) is 2. The molecule has 2 N–H and O–H groups in total. The van der Waals surface area contributed by atoms with Crippen molar-refractivity contribution in [2.24, 2.45) is 0 Å². The van der Waals surface area contributed by atoms with E-state index in [4.69, 9.17) is 18.7 Å². The van der Waals surface area contributed by atoms with Crippen LogP contribution in [-0.2, 0) is 13.6 Å². The molecule has 6 nitrogen and oxygen atoms in total. The number of hydrogen-bond acceptors (Lipinski definition) is 6. The van der Waals surface area contributed by atoms with Crippen LogP contribution in [-0.4, -0.2) is 76.0 Å². The summed E-state index contributed by atoms with van der Waals surface area (Å²) < 4.78 is 19.5. The average Bonchev–Trinajstić information content (AvgIpc) is 3.20. The van der Waals surface area contributed by atoms with Crippen molar-refractivity contribution < 1.29 is 23.8 Å². The molecule has 0 aromatic rings. The molecule has 2 atom stereocenters. The zero-order valence-electron chi connectivity index (χ0n) is 38.6. The molecule has 0 saturated carbocycles. The van der Waals surface area contributed by atoms with Gasteiger partial charge in [-0.15, -0.1) is 0 Å². The number of aliphatic hydroxyl groups excluding tert-OH is 2. The van der Waals surface area contributed by atoms with E-state index < -0.39 is 8.56 Å². The first kappa shape index (κ1) is 55.9. The monoisotopic (exact) mass is 820 g/mol. The third-order valence-electron chi connectivity index (χ3n) is 10.8. The Balaban J connectivity index is 4.44. The number of unbranched alkanes of at least 4 members (excludes halogenated alkanes) is 20. The first-order chi connectivity index (χ1) is 27.9. The van der Waals surface area contributed by atoms with E-state index in [1.165, 1.54) is 122 Å². The van der Waals surface area contributed by atoms with Crippen LogP contribution >= 0.6 is 0 Å². The Labute approximate surface area is 356 Å². The van der Waals surface area contributed by atoms with Crippen molar-refractivity contribution in [3.05, 3.63) is 48.6 Å². The normalized spacial score (nSPS) is 13.8. The van der Waals surface area contributed by atoms with E-state index in [9.17, 15) is 5.11 Å². The van der Waals surface area contributed by atoms with Crippen LogP contribution in [0.15, 0.2) is 48.6 Å². The Morgan fingerprint density at radius 1 is 0.509 bits per heavy atom. The number of allylic oxidation sites excluding steroid dienone is 8. The molecule has 7 heteroatoms.